The van der Waals surface area contributed by atoms with E-state index in [-0.39, 0.29) is 6.03 Å². The van der Waals surface area contributed by atoms with Crippen molar-refractivity contribution in [1.29, 1.82) is 0 Å². The summed E-state index contributed by atoms with van der Waals surface area (Å²) in [6, 6.07) is 11.3. The third kappa shape index (κ3) is 2.87. The van der Waals surface area contributed by atoms with Crippen molar-refractivity contribution in [3.8, 4) is 0 Å². The largest absolute Gasteiger partial charge is 0.326 e. The second kappa shape index (κ2) is 5.64. The van der Waals surface area contributed by atoms with Crippen molar-refractivity contribution in [3.05, 3.63) is 42.1 Å². The van der Waals surface area contributed by atoms with E-state index in [1.54, 1.807) is 4.90 Å². The number of amides is 2. The van der Waals surface area contributed by atoms with Crippen molar-refractivity contribution in [2.45, 2.75) is 13.8 Å². The smallest absolute Gasteiger partial charge is 0.298 e. The number of carbonyl (C=O) groups is 1. The zero-order valence-electron chi connectivity index (χ0n) is 10.4. The lowest BCUT2D eigenvalue weighted by Gasteiger charge is -2.20. The van der Waals surface area contributed by atoms with Gasteiger partial charge in [-0.2, -0.15) is 4.37 Å². The summed E-state index contributed by atoms with van der Waals surface area (Å²) in [7, 11) is 0. The number of rotatable bonds is 3. The van der Waals surface area contributed by atoms with Gasteiger partial charge in [-0.05, 0) is 43.6 Å². The summed E-state index contributed by atoms with van der Waals surface area (Å²) in [5, 5.41) is 3.63. The van der Waals surface area contributed by atoms with E-state index in [4.69, 9.17) is 0 Å². The predicted octanol–water partition coefficient (Wildman–Crippen LogP) is 3.51. The summed E-state index contributed by atoms with van der Waals surface area (Å²) in [4.78, 5) is 13.8. The first kappa shape index (κ1) is 12.6. The molecule has 0 bridgehead atoms. The maximum atomic E-state index is 12.1. The second-order valence-corrected chi connectivity index (χ2v) is 4.65. The Morgan fingerprint density at radius 1 is 1.39 bits per heavy atom. The number of aryl methyl sites for hydroxylation is 1. The summed E-state index contributed by atoms with van der Waals surface area (Å²) in [6.07, 6.45) is 0. The molecule has 0 aliphatic carbocycles. The standard InChI is InChI=1S/C13H15N3OS/c1-3-16(11-7-5-4-6-8-11)13(17)14-12-9-10(2)15-18-12/h4-9H,3H2,1-2H3,(H,14,17). The van der Waals surface area contributed by atoms with E-state index >= 15 is 0 Å². The van der Waals surface area contributed by atoms with Crippen molar-refractivity contribution >= 4 is 28.3 Å². The summed E-state index contributed by atoms with van der Waals surface area (Å²) >= 11 is 1.29. The molecule has 0 saturated heterocycles. The number of anilines is 2. The number of urea groups is 1. The van der Waals surface area contributed by atoms with Gasteiger partial charge in [0.05, 0.1) is 5.69 Å². The Hall–Kier alpha value is -1.88. The van der Waals surface area contributed by atoms with E-state index in [0.717, 1.165) is 16.4 Å². The minimum absolute atomic E-state index is 0.132. The molecule has 2 amide bonds. The van der Waals surface area contributed by atoms with Gasteiger partial charge in [0.2, 0.25) is 0 Å². The average Bonchev–Trinajstić information content (AvgIpc) is 2.77. The van der Waals surface area contributed by atoms with Crippen LogP contribution in [-0.4, -0.2) is 16.9 Å². The van der Waals surface area contributed by atoms with E-state index in [0.29, 0.717) is 6.54 Å². The lowest BCUT2D eigenvalue weighted by Crippen LogP contribution is -2.34. The van der Waals surface area contributed by atoms with Crippen LogP contribution in [0.2, 0.25) is 0 Å². The van der Waals surface area contributed by atoms with Crippen LogP contribution in [0.5, 0.6) is 0 Å². The van der Waals surface area contributed by atoms with Gasteiger partial charge in [0.1, 0.15) is 5.00 Å². The quantitative estimate of drug-likeness (QED) is 0.919. The first-order chi connectivity index (χ1) is 8.70. The highest BCUT2D eigenvalue weighted by molar-refractivity contribution is 7.10. The van der Waals surface area contributed by atoms with Crippen LogP contribution >= 0.6 is 11.5 Å². The molecule has 1 aromatic carbocycles. The van der Waals surface area contributed by atoms with Crippen LogP contribution in [0, 0.1) is 6.92 Å². The zero-order chi connectivity index (χ0) is 13.0. The minimum atomic E-state index is -0.132. The van der Waals surface area contributed by atoms with Gasteiger partial charge in [0.15, 0.2) is 0 Å². The molecule has 0 atom stereocenters. The second-order valence-electron chi connectivity index (χ2n) is 3.84. The molecule has 0 spiro atoms. The molecule has 2 rings (SSSR count). The van der Waals surface area contributed by atoms with Crippen LogP contribution in [-0.2, 0) is 0 Å². The molecule has 18 heavy (non-hydrogen) atoms. The Kier molecular flexibility index (Phi) is 3.94. The molecular formula is C13H15N3OS. The third-order valence-corrected chi connectivity index (χ3v) is 3.28. The SMILES string of the molecule is CCN(C(=O)Nc1cc(C)ns1)c1ccccc1. The zero-order valence-corrected chi connectivity index (χ0v) is 11.2. The fourth-order valence-corrected chi connectivity index (χ4v) is 2.30. The molecule has 1 heterocycles. The highest BCUT2D eigenvalue weighted by Gasteiger charge is 2.14. The number of para-hydroxylation sites is 1. The van der Waals surface area contributed by atoms with E-state index in [1.807, 2.05) is 50.2 Å². The molecule has 0 fully saturated rings. The molecule has 0 radical (unpaired) electrons. The van der Waals surface area contributed by atoms with Crippen LogP contribution in [0.15, 0.2) is 36.4 Å². The number of benzene rings is 1. The molecule has 5 heteroatoms. The van der Waals surface area contributed by atoms with E-state index in [1.165, 1.54) is 11.5 Å². The normalized spacial score (nSPS) is 10.1. The van der Waals surface area contributed by atoms with Crippen LogP contribution in [0.3, 0.4) is 0 Å². The summed E-state index contributed by atoms with van der Waals surface area (Å²) in [5.74, 6) is 0. The number of hydrogen-bond donors (Lipinski definition) is 1. The molecule has 4 nitrogen and oxygen atoms in total. The first-order valence-corrected chi connectivity index (χ1v) is 6.55. The van der Waals surface area contributed by atoms with Crippen molar-refractivity contribution in [3.63, 3.8) is 0 Å². The number of nitrogens with one attached hydrogen (secondary N) is 1. The summed E-state index contributed by atoms with van der Waals surface area (Å²) in [5.41, 5.74) is 1.80. The molecule has 0 aliphatic heterocycles. The third-order valence-electron chi connectivity index (χ3n) is 2.49. The van der Waals surface area contributed by atoms with E-state index < -0.39 is 0 Å². The van der Waals surface area contributed by atoms with Gasteiger partial charge in [-0.15, -0.1) is 0 Å². The topological polar surface area (TPSA) is 45.2 Å². The Balaban J connectivity index is 2.11. The first-order valence-electron chi connectivity index (χ1n) is 5.77. The Morgan fingerprint density at radius 3 is 2.67 bits per heavy atom. The van der Waals surface area contributed by atoms with Crippen molar-refractivity contribution in [2.75, 3.05) is 16.8 Å². The van der Waals surface area contributed by atoms with Crippen molar-refractivity contribution in [2.24, 2.45) is 0 Å². The van der Waals surface area contributed by atoms with Gasteiger partial charge in [-0.1, -0.05) is 18.2 Å². The lowest BCUT2D eigenvalue weighted by atomic mass is 10.3. The van der Waals surface area contributed by atoms with E-state index in [2.05, 4.69) is 9.69 Å². The van der Waals surface area contributed by atoms with Crippen molar-refractivity contribution < 1.29 is 4.79 Å². The van der Waals surface area contributed by atoms with Crippen LogP contribution in [0.1, 0.15) is 12.6 Å². The number of aromatic nitrogens is 1. The van der Waals surface area contributed by atoms with Gasteiger partial charge >= 0.3 is 6.03 Å². The number of nitrogens with zero attached hydrogens (tertiary/aromatic N) is 2. The van der Waals surface area contributed by atoms with Crippen molar-refractivity contribution in [1.82, 2.24) is 4.37 Å². The highest BCUT2D eigenvalue weighted by Crippen LogP contribution is 2.18. The molecule has 0 unspecified atom stereocenters. The molecule has 0 aliphatic rings. The Bertz CT molecular complexity index is 524. The van der Waals surface area contributed by atoms with Gasteiger partial charge in [0, 0.05) is 12.2 Å². The van der Waals surface area contributed by atoms with Gasteiger partial charge < -0.3 is 0 Å². The number of carbonyl (C=O) groups excluding carboxylic acids is 1. The van der Waals surface area contributed by atoms with Crippen LogP contribution in [0.4, 0.5) is 15.5 Å². The van der Waals surface area contributed by atoms with Crippen LogP contribution in [0.25, 0.3) is 0 Å². The summed E-state index contributed by atoms with van der Waals surface area (Å²) in [6.45, 7) is 4.47. The highest BCUT2D eigenvalue weighted by atomic mass is 32.1. The average molecular weight is 261 g/mol. The van der Waals surface area contributed by atoms with Gasteiger partial charge in [-0.25, -0.2) is 4.79 Å². The fourth-order valence-electron chi connectivity index (χ4n) is 1.65. The fraction of sp³-hybridized carbons (Fsp3) is 0.231. The maximum Gasteiger partial charge on any atom is 0.326 e. The summed E-state index contributed by atoms with van der Waals surface area (Å²) < 4.78 is 4.14. The van der Waals surface area contributed by atoms with Gasteiger partial charge in [0.25, 0.3) is 0 Å². The maximum absolute atomic E-state index is 12.1. The Morgan fingerprint density at radius 2 is 2.11 bits per heavy atom. The number of hydrogen-bond acceptors (Lipinski definition) is 3. The van der Waals surface area contributed by atoms with E-state index in [9.17, 15) is 4.79 Å². The Labute approximate surface area is 110 Å². The monoisotopic (exact) mass is 261 g/mol. The molecule has 0 saturated carbocycles. The minimum Gasteiger partial charge on any atom is -0.298 e. The predicted molar refractivity (Wildman–Crippen MR) is 75.3 cm³/mol. The molecule has 1 N–H and O–H groups in total. The molecule has 94 valence electrons. The molecular weight excluding hydrogens is 246 g/mol. The lowest BCUT2D eigenvalue weighted by molar-refractivity contribution is 0.257. The van der Waals surface area contributed by atoms with Crippen LogP contribution < -0.4 is 10.2 Å². The molecule has 2 aromatic rings. The molecule has 1 aromatic heterocycles. The van der Waals surface area contributed by atoms with Gasteiger partial charge in [-0.3, -0.25) is 10.2 Å².